The van der Waals surface area contributed by atoms with Crippen molar-refractivity contribution in [2.45, 2.75) is 45.4 Å². The fourth-order valence-corrected chi connectivity index (χ4v) is 2.92. The lowest BCUT2D eigenvalue weighted by molar-refractivity contribution is 0.0982. The van der Waals surface area contributed by atoms with Crippen LogP contribution in [0.15, 0.2) is 30.3 Å². The molecule has 0 saturated heterocycles. The Morgan fingerprint density at radius 2 is 1.90 bits per heavy atom. The van der Waals surface area contributed by atoms with Gasteiger partial charge in [0, 0.05) is 11.8 Å². The highest BCUT2D eigenvalue weighted by atomic mass is 32.1. The predicted octanol–water partition coefficient (Wildman–Crippen LogP) is 4.04. The van der Waals surface area contributed by atoms with Crippen molar-refractivity contribution in [3.05, 3.63) is 46.5 Å². The van der Waals surface area contributed by atoms with E-state index in [1.54, 1.807) is 0 Å². The lowest BCUT2D eigenvalue weighted by atomic mass is 9.90. The summed E-state index contributed by atoms with van der Waals surface area (Å²) in [5, 5.41) is 4.12. The van der Waals surface area contributed by atoms with Gasteiger partial charge in [0.2, 0.25) is 0 Å². The molecule has 0 aliphatic heterocycles. The molecule has 20 heavy (non-hydrogen) atoms. The van der Waals surface area contributed by atoms with Gasteiger partial charge in [-0.2, -0.15) is 0 Å². The van der Waals surface area contributed by atoms with E-state index in [0.717, 1.165) is 23.4 Å². The molecule has 1 aromatic heterocycles. The molecule has 0 fully saturated rings. The van der Waals surface area contributed by atoms with Crippen molar-refractivity contribution in [1.82, 2.24) is 9.59 Å². The van der Waals surface area contributed by atoms with Crippen molar-refractivity contribution in [3.63, 3.8) is 0 Å². The SMILES string of the molecule is CC(C)(C)c1nnsc1C(=O)CCCc1ccccc1. The summed E-state index contributed by atoms with van der Waals surface area (Å²) < 4.78 is 3.95. The molecular formula is C16H20N2OS. The number of aromatic nitrogens is 2. The minimum Gasteiger partial charge on any atom is -0.293 e. The van der Waals surface area contributed by atoms with Gasteiger partial charge in [0.1, 0.15) is 4.88 Å². The van der Waals surface area contributed by atoms with Crippen LogP contribution >= 0.6 is 11.5 Å². The van der Waals surface area contributed by atoms with Crippen molar-refractivity contribution in [1.29, 1.82) is 0 Å². The third-order valence-electron chi connectivity index (χ3n) is 3.16. The number of carbonyl (C=O) groups excluding carboxylic acids is 1. The molecule has 0 aliphatic rings. The Morgan fingerprint density at radius 3 is 2.55 bits per heavy atom. The summed E-state index contributed by atoms with van der Waals surface area (Å²) in [5.41, 5.74) is 1.98. The highest BCUT2D eigenvalue weighted by Crippen LogP contribution is 2.27. The Bertz CT molecular complexity index is 570. The summed E-state index contributed by atoms with van der Waals surface area (Å²) in [6.07, 6.45) is 2.36. The van der Waals surface area contributed by atoms with Crippen LogP contribution in [-0.4, -0.2) is 15.4 Å². The van der Waals surface area contributed by atoms with Gasteiger partial charge in [-0.1, -0.05) is 55.6 Å². The molecule has 4 heteroatoms. The molecule has 0 unspecified atom stereocenters. The van der Waals surface area contributed by atoms with E-state index in [4.69, 9.17) is 0 Å². The first kappa shape index (κ1) is 14.9. The van der Waals surface area contributed by atoms with Crippen molar-refractivity contribution in [2.24, 2.45) is 0 Å². The minimum atomic E-state index is -0.128. The van der Waals surface area contributed by atoms with Gasteiger partial charge in [-0.3, -0.25) is 4.79 Å². The van der Waals surface area contributed by atoms with E-state index in [2.05, 4.69) is 42.5 Å². The van der Waals surface area contributed by atoms with Gasteiger partial charge in [-0.15, -0.1) is 5.10 Å². The maximum Gasteiger partial charge on any atom is 0.176 e. The van der Waals surface area contributed by atoms with Crippen LogP contribution in [0.4, 0.5) is 0 Å². The number of hydrogen-bond acceptors (Lipinski definition) is 4. The van der Waals surface area contributed by atoms with Crippen LogP contribution in [0, 0.1) is 0 Å². The molecule has 0 amide bonds. The van der Waals surface area contributed by atoms with E-state index < -0.39 is 0 Å². The normalized spacial score (nSPS) is 11.6. The maximum absolute atomic E-state index is 12.3. The van der Waals surface area contributed by atoms with Gasteiger partial charge in [-0.05, 0) is 29.9 Å². The summed E-state index contributed by atoms with van der Waals surface area (Å²) in [7, 11) is 0. The van der Waals surface area contributed by atoms with Gasteiger partial charge < -0.3 is 0 Å². The minimum absolute atomic E-state index is 0.128. The van der Waals surface area contributed by atoms with Gasteiger partial charge in [-0.25, -0.2) is 0 Å². The first-order chi connectivity index (χ1) is 9.48. The number of hydrogen-bond donors (Lipinski definition) is 0. The van der Waals surface area contributed by atoms with Crippen LogP contribution in [0.25, 0.3) is 0 Å². The molecule has 0 bridgehead atoms. The fourth-order valence-electron chi connectivity index (χ4n) is 2.08. The average Bonchev–Trinajstić information content (AvgIpc) is 2.89. The molecule has 1 heterocycles. The smallest absolute Gasteiger partial charge is 0.176 e. The van der Waals surface area contributed by atoms with E-state index in [-0.39, 0.29) is 11.2 Å². The van der Waals surface area contributed by atoms with Crippen molar-refractivity contribution < 1.29 is 4.79 Å². The zero-order valence-electron chi connectivity index (χ0n) is 12.2. The first-order valence-corrected chi connectivity index (χ1v) is 7.66. The lowest BCUT2D eigenvalue weighted by Crippen LogP contribution is -2.16. The average molecular weight is 288 g/mol. The Hall–Kier alpha value is -1.55. The number of aryl methyl sites for hydroxylation is 1. The first-order valence-electron chi connectivity index (χ1n) is 6.88. The number of nitrogens with zero attached hydrogens (tertiary/aromatic N) is 2. The van der Waals surface area contributed by atoms with Crippen LogP contribution in [0.5, 0.6) is 0 Å². The van der Waals surface area contributed by atoms with Gasteiger partial charge in [0.15, 0.2) is 5.78 Å². The topological polar surface area (TPSA) is 42.9 Å². The van der Waals surface area contributed by atoms with Gasteiger partial charge >= 0.3 is 0 Å². The second kappa shape index (κ2) is 6.27. The van der Waals surface area contributed by atoms with Gasteiger partial charge in [0.05, 0.1) is 5.69 Å². The van der Waals surface area contributed by atoms with E-state index in [1.165, 1.54) is 17.1 Å². The quantitative estimate of drug-likeness (QED) is 0.780. The largest absolute Gasteiger partial charge is 0.293 e. The van der Waals surface area contributed by atoms with Crippen LogP contribution in [0.3, 0.4) is 0 Å². The fraction of sp³-hybridized carbons (Fsp3) is 0.438. The number of ketones is 1. The standard InChI is InChI=1S/C16H20N2OS/c1-16(2,3)15-14(20-18-17-15)13(19)11-7-10-12-8-5-4-6-9-12/h4-6,8-9H,7,10-11H2,1-3H3. The summed E-state index contributed by atoms with van der Waals surface area (Å²) in [6, 6.07) is 10.3. The number of rotatable bonds is 5. The highest BCUT2D eigenvalue weighted by Gasteiger charge is 2.25. The molecule has 3 nitrogen and oxygen atoms in total. The molecule has 2 rings (SSSR count). The Labute approximate surface area is 124 Å². The summed E-state index contributed by atoms with van der Waals surface area (Å²) in [5.74, 6) is 0.167. The van der Waals surface area contributed by atoms with Crippen LogP contribution < -0.4 is 0 Å². The van der Waals surface area contributed by atoms with E-state index >= 15 is 0 Å². The van der Waals surface area contributed by atoms with Gasteiger partial charge in [0.25, 0.3) is 0 Å². The summed E-state index contributed by atoms with van der Waals surface area (Å²) in [4.78, 5) is 13.0. The monoisotopic (exact) mass is 288 g/mol. The van der Waals surface area contributed by atoms with E-state index in [0.29, 0.717) is 6.42 Å². The molecule has 0 spiro atoms. The van der Waals surface area contributed by atoms with Crippen LogP contribution in [0.2, 0.25) is 0 Å². The van der Waals surface area contributed by atoms with Crippen molar-refractivity contribution in [3.8, 4) is 0 Å². The predicted molar refractivity (Wildman–Crippen MR) is 82.3 cm³/mol. The Morgan fingerprint density at radius 1 is 1.20 bits per heavy atom. The third kappa shape index (κ3) is 3.73. The number of benzene rings is 1. The maximum atomic E-state index is 12.3. The van der Waals surface area contributed by atoms with Crippen LogP contribution in [0.1, 0.15) is 54.5 Å². The number of carbonyl (C=O) groups is 1. The summed E-state index contributed by atoms with van der Waals surface area (Å²) >= 11 is 1.22. The van der Waals surface area contributed by atoms with E-state index in [1.807, 2.05) is 18.2 Å². The number of Topliss-reactive ketones (excluding diaryl/α,β-unsaturated/α-hetero) is 1. The van der Waals surface area contributed by atoms with Crippen molar-refractivity contribution >= 4 is 17.3 Å². The molecule has 106 valence electrons. The molecule has 0 radical (unpaired) electrons. The van der Waals surface area contributed by atoms with E-state index in [9.17, 15) is 4.79 Å². The Kier molecular flexibility index (Phi) is 4.65. The summed E-state index contributed by atoms with van der Waals surface area (Å²) in [6.45, 7) is 6.18. The van der Waals surface area contributed by atoms with Crippen LogP contribution in [-0.2, 0) is 11.8 Å². The zero-order valence-corrected chi connectivity index (χ0v) is 13.0. The Balaban J connectivity index is 1.95. The molecule has 0 N–H and O–H groups in total. The highest BCUT2D eigenvalue weighted by molar-refractivity contribution is 7.08. The molecule has 0 atom stereocenters. The molecule has 1 aromatic carbocycles. The molecule has 0 saturated carbocycles. The molecule has 0 aliphatic carbocycles. The second-order valence-electron chi connectivity index (χ2n) is 5.96. The zero-order chi connectivity index (χ0) is 14.6. The molecule has 2 aromatic rings. The van der Waals surface area contributed by atoms with Crippen molar-refractivity contribution in [2.75, 3.05) is 0 Å². The third-order valence-corrected chi connectivity index (χ3v) is 3.93. The molecular weight excluding hydrogens is 268 g/mol. The lowest BCUT2D eigenvalue weighted by Gasteiger charge is -2.15. The second-order valence-corrected chi connectivity index (χ2v) is 6.72.